The third-order valence-electron chi connectivity index (χ3n) is 5.09. The quantitative estimate of drug-likeness (QED) is 0.767. The van der Waals surface area contributed by atoms with Crippen LogP contribution in [-0.2, 0) is 9.59 Å². The van der Waals surface area contributed by atoms with E-state index in [1.807, 2.05) is 26.8 Å². The van der Waals surface area contributed by atoms with Gasteiger partial charge in [-0.25, -0.2) is 0 Å². The van der Waals surface area contributed by atoms with Gasteiger partial charge in [0.25, 0.3) is 11.8 Å². The van der Waals surface area contributed by atoms with Gasteiger partial charge in [-0.15, -0.1) is 0 Å². The number of para-hydroxylation sites is 2. The molecule has 30 heavy (non-hydrogen) atoms. The van der Waals surface area contributed by atoms with Crippen LogP contribution >= 0.6 is 0 Å². The molecule has 0 fully saturated rings. The number of carbonyl (C=O) groups excluding carboxylic acids is 3. The molecule has 0 bridgehead atoms. The molecule has 2 aromatic rings. The fourth-order valence-electron chi connectivity index (χ4n) is 3.21. The fourth-order valence-corrected chi connectivity index (χ4v) is 3.21. The number of fused-ring (bicyclic) bond motifs is 1. The Morgan fingerprint density at radius 1 is 1.07 bits per heavy atom. The van der Waals surface area contributed by atoms with Crippen molar-refractivity contribution in [1.29, 1.82) is 0 Å². The molecule has 1 aliphatic rings. The molecule has 7 nitrogen and oxygen atoms in total. The predicted molar refractivity (Wildman–Crippen MR) is 115 cm³/mol. The van der Waals surface area contributed by atoms with Crippen molar-refractivity contribution in [2.24, 2.45) is 0 Å². The van der Waals surface area contributed by atoms with E-state index in [2.05, 4.69) is 10.6 Å². The Balaban J connectivity index is 1.70. The SMILES string of the molecule is CCCNC(=O)[C@H]1CN(C(=O)CNC(=O)c2ccc(C)c(C)c2)c2ccccc2O1. The number of ether oxygens (including phenoxy) is 1. The number of rotatable bonds is 6. The normalized spacial score (nSPS) is 15.0. The first kappa shape index (κ1) is 21.4. The van der Waals surface area contributed by atoms with Crippen LogP contribution in [0, 0.1) is 13.8 Å². The average molecular weight is 409 g/mol. The van der Waals surface area contributed by atoms with Gasteiger partial charge >= 0.3 is 0 Å². The van der Waals surface area contributed by atoms with Crippen LogP contribution in [0.15, 0.2) is 42.5 Å². The molecule has 0 radical (unpaired) electrons. The van der Waals surface area contributed by atoms with Gasteiger partial charge in [0, 0.05) is 12.1 Å². The zero-order valence-electron chi connectivity index (χ0n) is 17.5. The van der Waals surface area contributed by atoms with Crippen LogP contribution in [0.2, 0.25) is 0 Å². The van der Waals surface area contributed by atoms with E-state index in [0.29, 0.717) is 23.5 Å². The van der Waals surface area contributed by atoms with Crippen molar-refractivity contribution < 1.29 is 19.1 Å². The molecule has 0 spiro atoms. The molecule has 2 aromatic carbocycles. The molecular weight excluding hydrogens is 382 g/mol. The number of aryl methyl sites for hydroxylation is 2. The third kappa shape index (κ3) is 4.79. The molecule has 3 rings (SSSR count). The highest BCUT2D eigenvalue weighted by molar-refractivity contribution is 6.02. The second kappa shape index (κ2) is 9.43. The summed E-state index contributed by atoms with van der Waals surface area (Å²) in [5.74, 6) is -0.418. The Labute approximate surface area is 176 Å². The molecular formula is C23H27N3O4. The number of amides is 3. The molecule has 0 saturated carbocycles. The molecule has 1 atom stereocenters. The summed E-state index contributed by atoms with van der Waals surface area (Å²) in [6.07, 6.45) is 0.00761. The van der Waals surface area contributed by atoms with Gasteiger partial charge in [-0.05, 0) is 55.7 Å². The number of benzene rings is 2. The summed E-state index contributed by atoms with van der Waals surface area (Å²) in [7, 11) is 0. The van der Waals surface area contributed by atoms with Crippen LogP contribution in [0.1, 0.15) is 34.8 Å². The molecule has 1 aliphatic heterocycles. The summed E-state index contributed by atoms with van der Waals surface area (Å²) < 4.78 is 5.80. The lowest BCUT2D eigenvalue weighted by atomic mass is 10.1. The number of anilines is 1. The van der Waals surface area contributed by atoms with Crippen molar-refractivity contribution in [2.75, 3.05) is 24.5 Å². The highest BCUT2D eigenvalue weighted by atomic mass is 16.5. The Kier molecular flexibility index (Phi) is 6.72. The monoisotopic (exact) mass is 409 g/mol. The topological polar surface area (TPSA) is 87.7 Å². The third-order valence-corrected chi connectivity index (χ3v) is 5.09. The summed E-state index contributed by atoms with van der Waals surface area (Å²) >= 11 is 0. The number of hydrogen-bond acceptors (Lipinski definition) is 4. The van der Waals surface area contributed by atoms with E-state index in [-0.39, 0.29) is 30.8 Å². The summed E-state index contributed by atoms with van der Waals surface area (Å²) in [5.41, 5.74) is 3.20. The summed E-state index contributed by atoms with van der Waals surface area (Å²) in [4.78, 5) is 39.3. The van der Waals surface area contributed by atoms with Crippen molar-refractivity contribution >= 4 is 23.4 Å². The summed E-state index contributed by atoms with van der Waals surface area (Å²) in [5, 5.41) is 5.48. The summed E-state index contributed by atoms with van der Waals surface area (Å²) in [6, 6.07) is 12.5. The number of nitrogens with zero attached hydrogens (tertiary/aromatic N) is 1. The van der Waals surface area contributed by atoms with Gasteiger partial charge in [0.05, 0.1) is 18.8 Å². The van der Waals surface area contributed by atoms with Crippen LogP contribution in [0.5, 0.6) is 5.75 Å². The second-order valence-corrected chi connectivity index (χ2v) is 7.35. The van der Waals surface area contributed by atoms with Crippen molar-refractivity contribution in [2.45, 2.75) is 33.3 Å². The lowest BCUT2D eigenvalue weighted by Gasteiger charge is -2.34. The highest BCUT2D eigenvalue weighted by Crippen LogP contribution is 2.33. The molecule has 0 aromatic heterocycles. The maximum Gasteiger partial charge on any atom is 0.262 e. The van der Waals surface area contributed by atoms with Gasteiger partial charge < -0.3 is 20.3 Å². The first-order valence-electron chi connectivity index (χ1n) is 10.1. The minimum Gasteiger partial charge on any atom is -0.477 e. The van der Waals surface area contributed by atoms with E-state index in [1.54, 1.807) is 36.4 Å². The summed E-state index contributed by atoms with van der Waals surface area (Å²) in [6.45, 7) is 6.33. The molecule has 1 heterocycles. The van der Waals surface area contributed by atoms with Gasteiger partial charge in [-0.1, -0.05) is 25.1 Å². The van der Waals surface area contributed by atoms with Crippen molar-refractivity contribution in [3.63, 3.8) is 0 Å². The second-order valence-electron chi connectivity index (χ2n) is 7.35. The van der Waals surface area contributed by atoms with E-state index in [4.69, 9.17) is 4.74 Å². The average Bonchev–Trinajstić information content (AvgIpc) is 2.76. The highest BCUT2D eigenvalue weighted by Gasteiger charge is 2.33. The molecule has 2 N–H and O–H groups in total. The van der Waals surface area contributed by atoms with E-state index in [0.717, 1.165) is 17.5 Å². The Bertz CT molecular complexity index is 957. The van der Waals surface area contributed by atoms with Crippen LogP contribution in [0.25, 0.3) is 0 Å². The maximum absolute atomic E-state index is 12.9. The Morgan fingerprint density at radius 3 is 2.57 bits per heavy atom. The van der Waals surface area contributed by atoms with Crippen molar-refractivity contribution in [1.82, 2.24) is 10.6 Å². The van der Waals surface area contributed by atoms with Crippen LogP contribution in [0.4, 0.5) is 5.69 Å². The van der Waals surface area contributed by atoms with Gasteiger partial charge in [0.15, 0.2) is 6.10 Å². The predicted octanol–water partition coefficient (Wildman–Crippen LogP) is 2.35. The van der Waals surface area contributed by atoms with Gasteiger partial charge in [-0.2, -0.15) is 0 Å². The first-order valence-corrected chi connectivity index (χ1v) is 10.1. The van der Waals surface area contributed by atoms with Gasteiger partial charge in [0.2, 0.25) is 5.91 Å². The standard InChI is InChI=1S/C23H27N3O4/c1-4-11-24-23(29)20-14-26(18-7-5-6-8-19(18)30-20)21(27)13-25-22(28)17-10-9-15(2)16(3)12-17/h5-10,12,20H,4,11,13-14H2,1-3H3,(H,24,29)(H,25,28)/t20-/m1/s1. The van der Waals surface area contributed by atoms with Crippen molar-refractivity contribution in [3.05, 3.63) is 59.2 Å². The van der Waals surface area contributed by atoms with Gasteiger partial charge in [-0.3, -0.25) is 14.4 Å². The van der Waals surface area contributed by atoms with Crippen LogP contribution in [-0.4, -0.2) is 43.5 Å². The molecule has 158 valence electrons. The Hall–Kier alpha value is -3.35. The minimum absolute atomic E-state index is 0.0882. The Morgan fingerprint density at radius 2 is 1.83 bits per heavy atom. The molecule has 0 saturated heterocycles. The first-order chi connectivity index (χ1) is 14.4. The number of carbonyl (C=O) groups is 3. The van der Waals surface area contributed by atoms with E-state index in [1.165, 1.54) is 4.90 Å². The molecule has 3 amide bonds. The van der Waals surface area contributed by atoms with E-state index >= 15 is 0 Å². The number of nitrogens with one attached hydrogen (secondary N) is 2. The smallest absolute Gasteiger partial charge is 0.262 e. The van der Waals surface area contributed by atoms with E-state index < -0.39 is 6.10 Å². The fraction of sp³-hybridized carbons (Fsp3) is 0.348. The minimum atomic E-state index is -0.800. The largest absolute Gasteiger partial charge is 0.477 e. The van der Waals surface area contributed by atoms with E-state index in [9.17, 15) is 14.4 Å². The van der Waals surface area contributed by atoms with Gasteiger partial charge in [0.1, 0.15) is 5.75 Å². The maximum atomic E-state index is 12.9. The molecule has 0 aliphatic carbocycles. The molecule has 7 heteroatoms. The zero-order valence-corrected chi connectivity index (χ0v) is 17.5. The van der Waals surface area contributed by atoms with Crippen LogP contribution < -0.4 is 20.3 Å². The lowest BCUT2D eigenvalue weighted by molar-refractivity contribution is -0.128. The number of hydrogen-bond donors (Lipinski definition) is 2. The van der Waals surface area contributed by atoms with Crippen molar-refractivity contribution in [3.8, 4) is 5.75 Å². The zero-order chi connectivity index (χ0) is 21.7. The lowest BCUT2D eigenvalue weighted by Crippen LogP contribution is -2.52. The van der Waals surface area contributed by atoms with Crippen LogP contribution in [0.3, 0.4) is 0 Å². The molecule has 0 unspecified atom stereocenters.